The monoisotopic (exact) mass is 353 g/mol. The van der Waals surface area contributed by atoms with Crippen LogP contribution in [0.2, 0.25) is 0 Å². The van der Waals surface area contributed by atoms with Gasteiger partial charge in [0.1, 0.15) is 11.5 Å². The highest BCUT2D eigenvalue weighted by atomic mass is 127. The van der Waals surface area contributed by atoms with E-state index < -0.39 is 0 Å². The van der Waals surface area contributed by atoms with Gasteiger partial charge in [-0.2, -0.15) is 0 Å². The van der Waals surface area contributed by atoms with Crippen molar-refractivity contribution in [3.63, 3.8) is 0 Å². The zero-order chi connectivity index (χ0) is 13.0. The van der Waals surface area contributed by atoms with Crippen LogP contribution in [0, 0.1) is 3.57 Å². The van der Waals surface area contributed by atoms with E-state index in [1.54, 1.807) is 31.5 Å². The van der Waals surface area contributed by atoms with E-state index in [1.807, 2.05) is 24.3 Å². The van der Waals surface area contributed by atoms with Crippen molar-refractivity contribution in [2.75, 3.05) is 7.11 Å². The van der Waals surface area contributed by atoms with Crippen LogP contribution in [-0.2, 0) is 0 Å². The van der Waals surface area contributed by atoms with Gasteiger partial charge in [0.2, 0.25) is 0 Å². The Morgan fingerprint density at radius 1 is 1.22 bits per heavy atom. The number of rotatable bonds is 3. The largest absolute Gasteiger partial charge is 0.507 e. The van der Waals surface area contributed by atoms with Crippen LogP contribution < -0.4 is 4.74 Å². The maximum absolute atomic E-state index is 9.71. The zero-order valence-corrected chi connectivity index (χ0v) is 12.0. The lowest BCUT2D eigenvalue weighted by molar-refractivity contribution is 0.412. The molecular formula is C14H12INO2. The van der Waals surface area contributed by atoms with Crippen molar-refractivity contribution in [2.24, 2.45) is 4.99 Å². The average Bonchev–Trinajstić information content (AvgIpc) is 2.38. The number of hydrogen-bond donors (Lipinski definition) is 1. The molecule has 18 heavy (non-hydrogen) atoms. The molecule has 0 aromatic heterocycles. The summed E-state index contributed by atoms with van der Waals surface area (Å²) >= 11 is 2.23. The normalized spacial score (nSPS) is 10.8. The Balaban J connectivity index is 2.28. The fourth-order valence-electron chi connectivity index (χ4n) is 1.46. The zero-order valence-electron chi connectivity index (χ0n) is 9.80. The van der Waals surface area contributed by atoms with Crippen LogP contribution >= 0.6 is 22.6 Å². The van der Waals surface area contributed by atoms with E-state index >= 15 is 0 Å². The topological polar surface area (TPSA) is 41.8 Å². The number of hydrogen-bond acceptors (Lipinski definition) is 3. The molecule has 0 fully saturated rings. The van der Waals surface area contributed by atoms with Crippen LogP contribution in [-0.4, -0.2) is 18.4 Å². The molecule has 2 aromatic carbocycles. The highest BCUT2D eigenvalue weighted by molar-refractivity contribution is 14.1. The summed E-state index contributed by atoms with van der Waals surface area (Å²) in [5.41, 5.74) is 1.48. The second kappa shape index (κ2) is 5.86. The lowest BCUT2D eigenvalue weighted by Crippen LogP contribution is -1.87. The molecule has 4 heteroatoms. The van der Waals surface area contributed by atoms with Gasteiger partial charge in [-0.1, -0.05) is 6.07 Å². The molecule has 0 bridgehead atoms. The first-order valence-corrected chi connectivity index (χ1v) is 6.43. The number of halogens is 1. The van der Waals surface area contributed by atoms with Crippen molar-refractivity contribution in [3.05, 3.63) is 51.6 Å². The van der Waals surface area contributed by atoms with E-state index in [4.69, 9.17) is 4.74 Å². The van der Waals surface area contributed by atoms with Crippen molar-refractivity contribution in [1.82, 2.24) is 0 Å². The second-order valence-corrected chi connectivity index (χ2v) is 4.91. The fourth-order valence-corrected chi connectivity index (χ4v) is 1.99. The van der Waals surface area contributed by atoms with Crippen molar-refractivity contribution in [3.8, 4) is 11.5 Å². The predicted octanol–water partition coefficient (Wildman–Crippen LogP) is 3.76. The number of benzene rings is 2. The lowest BCUT2D eigenvalue weighted by atomic mass is 10.2. The smallest absolute Gasteiger partial charge is 0.124 e. The van der Waals surface area contributed by atoms with Gasteiger partial charge in [0.25, 0.3) is 0 Å². The molecule has 92 valence electrons. The first-order valence-electron chi connectivity index (χ1n) is 5.35. The third-order valence-electron chi connectivity index (χ3n) is 2.40. The molecule has 0 heterocycles. The van der Waals surface area contributed by atoms with Crippen LogP contribution in [0.3, 0.4) is 0 Å². The Bertz CT molecular complexity index is 582. The maximum Gasteiger partial charge on any atom is 0.124 e. The van der Waals surface area contributed by atoms with Crippen molar-refractivity contribution in [1.29, 1.82) is 0 Å². The average molecular weight is 353 g/mol. The Hall–Kier alpha value is -1.56. The summed E-state index contributed by atoms with van der Waals surface area (Å²) in [5.74, 6) is 0.877. The highest BCUT2D eigenvalue weighted by Crippen LogP contribution is 2.22. The quantitative estimate of drug-likeness (QED) is 0.675. The summed E-state index contributed by atoms with van der Waals surface area (Å²) in [6, 6.07) is 12.9. The van der Waals surface area contributed by atoms with E-state index in [0.717, 1.165) is 9.26 Å². The first kappa shape index (κ1) is 12.9. The van der Waals surface area contributed by atoms with Crippen molar-refractivity contribution in [2.45, 2.75) is 0 Å². The molecule has 0 atom stereocenters. The molecular weight excluding hydrogens is 341 g/mol. The number of ether oxygens (including phenoxy) is 1. The molecule has 0 saturated heterocycles. The summed E-state index contributed by atoms with van der Waals surface area (Å²) in [6.07, 6.45) is 1.63. The Kier molecular flexibility index (Phi) is 4.19. The molecule has 2 aromatic rings. The predicted molar refractivity (Wildman–Crippen MR) is 81.1 cm³/mol. The van der Waals surface area contributed by atoms with E-state index in [-0.39, 0.29) is 5.75 Å². The molecule has 0 saturated carbocycles. The Labute approximate surface area is 119 Å². The molecule has 0 aliphatic heterocycles. The molecule has 0 aliphatic carbocycles. The van der Waals surface area contributed by atoms with E-state index in [1.165, 1.54) is 0 Å². The lowest BCUT2D eigenvalue weighted by Gasteiger charge is -2.03. The van der Waals surface area contributed by atoms with Crippen LogP contribution in [0.25, 0.3) is 0 Å². The summed E-state index contributed by atoms with van der Waals surface area (Å²) in [4.78, 5) is 4.33. The molecule has 0 aliphatic rings. The minimum Gasteiger partial charge on any atom is -0.507 e. The third kappa shape index (κ3) is 3.22. The van der Waals surface area contributed by atoms with E-state index in [9.17, 15) is 5.11 Å². The van der Waals surface area contributed by atoms with Crippen LogP contribution in [0.15, 0.2) is 47.5 Å². The van der Waals surface area contributed by atoms with Crippen LogP contribution in [0.4, 0.5) is 5.69 Å². The van der Waals surface area contributed by atoms with Gasteiger partial charge < -0.3 is 9.84 Å². The summed E-state index contributed by atoms with van der Waals surface area (Å²) in [5, 5.41) is 9.71. The minimum atomic E-state index is 0.185. The van der Waals surface area contributed by atoms with E-state index in [0.29, 0.717) is 11.3 Å². The van der Waals surface area contributed by atoms with Crippen LogP contribution in [0.5, 0.6) is 11.5 Å². The number of nitrogens with zero attached hydrogens (tertiary/aromatic N) is 1. The van der Waals surface area contributed by atoms with E-state index in [2.05, 4.69) is 27.6 Å². The molecule has 0 unspecified atom stereocenters. The summed E-state index contributed by atoms with van der Waals surface area (Å²) in [7, 11) is 1.59. The Morgan fingerprint density at radius 3 is 2.78 bits per heavy atom. The number of phenolic OH excluding ortho intramolecular Hbond substituents is 1. The van der Waals surface area contributed by atoms with Gasteiger partial charge in [-0.3, -0.25) is 4.99 Å². The fraction of sp³-hybridized carbons (Fsp3) is 0.0714. The highest BCUT2D eigenvalue weighted by Gasteiger charge is 2.00. The molecule has 1 N–H and O–H groups in total. The van der Waals surface area contributed by atoms with Gasteiger partial charge in [-0.15, -0.1) is 0 Å². The van der Waals surface area contributed by atoms with Crippen LogP contribution in [0.1, 0.15) is 5.56 Å². The first-order chi connectivity index (χ1) is 8.69. The SMILES string of the molecule is COc1ccc(O)c(C=Nc2cccc(I)c2)c1. The Morgan fingerprint density at radius 2 is 2.06 bits per heavy atom. The van der Waals surface area contributed by atoms with Crippen molar-refractivity contribution >= 4 is 34.5 Å². The molecule has 3 nitrogen and oxygen atoms in total. The van der Waals surface area contributed by atoms with Gasteiger partial charge in [-0.25, -0.2) is 0 Å². The minimum absolute atomic E-state index is 0.185. The molecule has 0 amide bonds. The third-order valence-corrected chi connectivity index (χ3v) is 3.07. The number of phenols is 1. The summed E-state index contributed by atoms with van der Waals surface area (Å²) < 4.78 is 6.23. The number of methoxy groups -OCH3 is 1. The number of aliphatic imine (C=N–C) groups is 1. The second-order valence-electron chi connectivity index (χ2n) is 3.66. The van der Waals surface area contributed by atoms with Gasteiger partial charge in [0.15, 0.2) is 0 Å². The molecule has 2 rings (SSSR count). The summed E-state index contributed by atoms with van der Waals surface area (Å²) in [6.45, 7) is 0. The number of aromatic hydroxyl groups is 1. The molecule has 0 spiro atoms. The van der Waals surface area contributed by atoms with Gasteiger partial charge in [0, 0.05) is 15.3 Å². The van der Waals surface area contributed by atoms with Gasteiger partial charge in [0.05, 0.1) is 12.8 Å². The maximum atomic E-state index is 9.71. The van der Waals surface area contributed by atoms with Gasteiger partial charge >= 0.3 is 0 Å². The molecule has 0 radical (unpaired) electrons. The standard InChI is InChI=1S/C14H12INO2/c1-18-13-5-6-14(17)10(7-13)9-16-12-4-2-3-11(15)8-12/h2-9,17H,1H3. The van der Waals surface area contributed by atoms with Crippen molar-refractivity contribution < 1.29 is 9.84 Å². The van der Waals surface area contributed by atoms with Gasteiger partial charge in [-0.05, 0) is 59.0 Å².